The number of aromatic nitrogens is 6. The smallest absolute Gasteiger partial charge is 0.314 e. The lowest BCUT2D eigenvalue weighted by Crippen LogP contribution is -2.02. The fraction of sp³-hybridized carbons (Fsp3) is 0.357. The highest BCUT2D eigenvalue weighted by atomic mass is 19.3. The van der Waals surface area contributed by atoms with Gasteiger partial charge in [-0.25, -0.2) is 4.68 Å². The number of hydrogen-bond acceptors (Lipinski definition) is 7. The second-order valence-corrected chi connectivity index (χ2v) is 5.02. The van der Waals surface area contributed by atoms with Gasteiger partial charge in [-0.1, -0.05) is 5.21 Å². The minimum Gasteiger partial charge on any atom is -0.415 e. The molecular formula is C14H14F2N6O2. The van der Waals surface area contributed by atoms with Crippen molar-refractivity contribution in [1.29, 1.82) is 0 Å². The molecule has 0 aliphatic carbocycles. The average Bonchev–Trinajstić information content (AvgIpc) is 3.23. The van der Waals surface area contributed by atoms with Gasteiger partial charge in [0.2, 0.25) is 5.89 Å². The van der Waals surface area contributed by atoms with E-state index in [1.807, 2.05) is 0 Å². The van der Waals surface area contributed by atoms with Crippen LogP contribution in [0.1, 0.15) is 30.1 Å². The SMILES string of the molecule is OCCCc1cn(Cc2ccc(-c3nnc(C(F)F)o3)cn2)nn1. The van der Waals surface area contributed by atoms with E-state index in [4.69, 9.17) is 9.52 Å². The van der Waals surface area contributed by atoms with Crippen LogP contribution in [-0.2, 0) is 13.0 Å². The minimum atomic E-state index is -2.80. The molecule has 3 aromatic rings. The monoisotopic (exact) mass is 336 g/mol. The Kier molecular flexibility index (Phi) is 4.85. The highest BCUT2D eigenvalue weighted by Gasteiger charge is 2.17. The first kappa shape index (κ1) is 16.1. The van der Waals surface area contributed by atoms with Crippen molar-refractivity contribution in [2.75, 3.05) is 6.61 Å². The van der Waals surface area contributed by atoms with E-state index in [0.717, 1.165) is 5.69 Å². The van der Waals surface area contributed by atoms with E-state index in [-0.39, 0.29) is 12.5 Å². The predicted molar refractivity (Wildman–Crippen MR) is 77.0 cm³/mol. The summed E-state index contributed by atoms with van der Waals surface area (Å²) in [4.78, 5) is 4.23. The highest BCUT2D eigenvalue weighted by Crippen LogP contribution is 2.22. The molecule has 3 heterocycles. The Hall–Kier alpha value is -2.75. The molecule has 8 nitrogen and oxygen atoms in total. The molecule has 0 atom stereocenters. The van der Waals surface area contributed by atoms with Crippen LogP contribution in [0.15, 0.2) is 28.9 Å². The lowest BCUT2D eigenvalue weighted by molar-refractivity contribution is 0.116. The minimum absolute atomic E-state index is 0.00334. The van der Waals surface area contributed by atoms with E-state index in [1.165, 1.54) is 6.20 Å². The number of pyridine rings is 1. The van der Waals surface area contributed by atoms with Crippen LogP contribution < -0.4 is 0 Å². The van der Waals surface area contributed by atoms with Crippen molar-refractivity contribution in [1.82, 2.24) is 30.2 Å². The maximum absolute atomic E-state index is 12.4. The molecule has 24 heavy (non-hydrogen) atoms. The topological polar surface area (TPSA) is 103 Å². The predicted octanol–water partition coefficient (Wildman–Crippen LogP) is 1.63. The highest BCUT2D eigenvalue weighted by molar-refractivity contribution is 5.50. The second kappa shape index (κ2) is 7.21. The van der Waals surface area contributed by atoms with Gasteiger partial charge in [-0.2, -0.15) is 8.78 Å². The molecular weight excluding hydrogens is 322 g/mol. The number of aryl methyl sites for hydroxylation is 1. The average molecular weight is 336 g/mol. The van der Waals surface area contributed by atoms with Crippen molar-refractivity contribution in [2.45, 2.75) is 25.8 Å². The molecule has 0 aliphatic rings. The quantitative estimate of drug-likeness (QED) is 0.699. The largest absolute Gasteiger partial charge is 0.415 e. The van der Waals surface area contributed by atoms with Gasteiger partial charge in [0.25, 0.3) is 5.89 Å². The van der Waals surface area contributed by atoms with E-state index in [2.05, 4.69) is 25.5 Å². The molecule has 0 radical (unpaired) electrons. The maximum Gasteiger partial charge on any atom is 0.314 e. The molecule has 0 amide bonds. The van der Waals surface area contributed by atoms with E-state index in [0.29, 0.717) is 30.6 Å². The normalized spacial score (nSPS) is 11.3. The fourth-order valence-electron chi connectivity index (χ4n) is 2.04. The summed E-state index contributed by atoms with van der Waals surface area (Å²) < 4.78 is 31.4. The number of rotatable bonds is 7. The number of halogens is 2. The standard InChI is InChI=1S/C14H14F2N6O2/c15-12(16)14-20-19-13(24-14)9-3-4-10(17-6-9)7-22-8-11(18-21-22)2-1-5-23/h3-4,6,8,12,23H,1-2,5,7H2. The summed E-state index contributed by atoms with van der Waals surface area (Å²) in [6, 6.07) is 3.38. The molecule has 10 heteroatoms. The number of nitrogens with zero attached hydrogens (tertiary/aromatic N) is 6. The summed E-state index contributed by atoms with van der Waals surface area (Å²) in [7, 11) is 0. The Bertz CT molecular complexity index is 787. The maximum atomic E-state index is 12.4. The summed E-state index contributed by atoms with van der Waals surface area (Å²) in [5, 5.41) is 23.6. The van der Waals surface area contributed by atoms with Gasteiger partial charge in [0.15, 0.2) is 0 Å². The molecule has 0 spiro atoms. The Labute approximate surface area is 135 Å². The van der Waals surface area contributed by atoms with Gasteiger partial charge < -0.3 is 9.52 Å². The summed E-state index contributed by atoms with van der Waals surface area (Å²) in [5.41, 5.74) is 1.97. The van der Waals surface area contributed by atoms with Crippen LogP contribution in [-0.4, -0.2) is 41.9 Å². The van der Waals surface area contributed by atoms with Gasteiger partial charge in [-0.05, 0) is 25.0 Å². The van der Waals surface area contributed by atoms with E-state index >= 15 is 0 Å². The van der Waals surface area contributed by atoms with E-state index in [1.54, 1.807) is 23.0 Å². The lowest BCUT2D eigenvalue weighted by Gasteiger charge is -2.01. The van der Waals surface area contributed by atoms with Crippen molar-refractivity contribution in [3.8, 4) is 11.5 Å². The Morgan fingerprint density at radius 2 is 2.04 bits per heavy atom. The van der Waals surface area contributed by atoms with Gasteiger partial charge in [-0.15, -0.1) is 15.3 Å². The van der Waals surface area contributed by atoms with Crippen LogP contribution in [0.4, 0.5) is 8.78 Å². The van der Waals surface area contributed by atoms with Crippen LogP contribution in [0.2, 0.25) is 0 Å². The van der Waals surface area contributed by atoms with Gasteiger partial charge >= 0.3 is 6.43 Å². The molecule has 0 aromatic carbocycles. The van der Waals surface area contributed by atoms with Crippen molar-refractivity contribution in [3.05, 3.63) is 41.8 Å². The third-order valence-electron chi connectivity index (χ3n) is 3.20. The van der Waals surface area contributed by atoms with Crippen molar-refractivity contribution >= 4 is 0 Å². The molecule has 0 aliphatic heterocycles. The van der Waals surface area contributed by atoms with Crippen LogP contribution in [0.3, 0.4) is 0 Å². The number of aliphatic hydroxyl groups excluding tert-OH is 1. The van der Waals surface area contributed by atoms with Crippen molar-refractivity contribution in [3.63, 3.8) is 0 Å². The Balaban J connectivity index is 1.66. The molecule has 3 rings (SSSR count). The zero-order chi connectivity index (χ0) is 16.9. The van der Waals surface area contributed by atoms with Crippen molar-refractivity contribution < 1.29 is 18.3 Å². The lowest BCUT2D eigenvalue weighted by atomic mass is 10.2. The number of hydrogen-bond donors (Lipinski definition) is 1. The van der Waals surface area contributed by atoms with Crippen LogP contribution >= 0.6 is 0 Å². The van der Waals surface area contributed by atoms with Gasteiger partial charge in [-0.3, -0.25) is 4.98 Å². The van der Waals surface area contributed by atoms with Gasteiger partial charge in [0, 0.05) is 19.0 Å². The zero-order valence-corrected chi connectivity index (χ0v) is 12.5. The summed E-state index contributed by atoms with van der Waals surface area (Å²) in [5.74, 6) is -0.719. The number of alkyl halides is 2. The van der Waals surface area contributed by atoms with Gasteiger partial charge in [0.1, 0.15) is 0 Å². The molecule has 0 bridgehead atoms. The van der Waals surface area contributed by atoms with Gasteiger partial charge in [0.05, 0.1) is 23.5 Å². The molecule has 0 saturated carbocycles. The first-order chi connectivity index (χ1) is 11.7. The fourth-order valence-corrected chi connectivity index (χ4v) is 2.04. The second-order valence-electron chi connectivity index (χ2n) is 5.02. The molecule has 3 aromatic heterocycles. The zero-order valence-electron chi connectivity index (χ0n) is 12.5. The molecule has 0 unspecified atom stereocenters. The third-order valence-corrected chi connectivity index (χ3v) is 3.20. The molecule has 0 saturated heterocycles. The van der Waals surface area contributed by atoms with Crippen molar-refractivity contribution in [2.24, 2.45) is 0 Å². The van der Waals surface area contributed by atoms with Crippen LogP contribution in [0.25, 0.3) is 11.5 Å². The molecule has 126 valence electrons. The first-order valence-electron chi connectivity index (χ1n) is 7.22. The Morgan fingerprint density at radius 1 is 1.17 bits per heavy atom. The van der Waals surface area contributed by atoms with Crippen LogP contribution in [0, 0.1) is 0 Å². The molecule has 1 N–H and O–H groups in total. The van der Waals surface area contributed by atoms with Crippen LogP contribution in [0.5, 0.6) is 0 Å². The summed E-state index contributed by atoms with van der Waals surface area (Å²) in [6.07, 6.45) is 1.76. The van der Waals surface area contributed by atoms with E-state index in [9.17, 15) is 8.78 Å². The van der Waals surface area contributed by atoms with E-state index < -0.39 is 12.3 Å². The number of aliphatic hydroxyl groups is 1. The summed E-state index contributed by atoms with van der Waals surface area (Å²) >= 11 is 0. The first-order valence-corrected chi connectivity index (χ1v) is 7.22. The Morgan fingerprint density at radius 3 is 2.71 bits per heavy atom. The third kappa shape index (κ3) is 3.77. The summed E-state index contributed by atoms with van der Waals surface area (Å²) in [6.45, 7) is 0.525. The molecule has 0 fully saturated rings.